The maximum Gasteiger partial charge on any atom is 0.142 e. The van der Waals surface area contributed by atoms with Crippen LogP contribution in [0.5, 0.6) is 0 Å². The molecule has 2 heterocycles. The molecule has 19 heavy (non-hydrogen) atoms. The van der Waals surface area contributed by atoms with E-state index < -0.39 is 0 Å². The average molecular weight is 256 g/mol. The number of nitrogens with zero attached hydrogens (tertiary/aromatic N) is 3. The molecule has 1 aliphatic heterocycles. The second-order valence-electron chi connectivity index (χ2n) is 4.55. The number of nitrogens with two attached hydrogens (primary N) is 1. The van der Waals surface area contributed by atoms with Gasteiger partial charge in [0.25, 0.3) is 0 Å². The molecule has 0 fully saturated rings. The maximum absolute atomic E-state index is 6.04. The van der Waals surface area contributed by atoms with Crippen LogP contribution in [0.3, 0.4) is 0 Å². The van der Waals surface area contributed by atoms with Crippen molar-refractivity contribution < 1.29 is 0 Å². The summed E-state index contributed by atoms with van der Waals surface area (Å²) in [6.07, 6.45) is 8.71. The van der Waals surface area contributed by atoms with Crippen molar-refractivity contribution in [2.24, 2.45) is 0 Å². The Hall–Kier alpha value is -2.10. The predicted octanol–water partition coefficient (Wildman–Crippen LogP) is 2.80. The zero-order valence-electron chi connectivity index (χ0n) is 11.6. The summed E-state index contributed by atoms with van der Waals surface area (Å²) < 4.78 is 0. The molecule has 0 saturated heterocycles. The van der Waals surface area contributed by atoms with Gasteiger partial charge >= 0.3 is 0 Å². The van der Waals surface area contributed by atoms with E-state index in [1.807, 2.05) is 19.1 Å². The van der Waals surface area contributed by atoms with Gasteiger partial charge in [-0.1, -0.05) is 31.7 Å². The summed E-state index contributed by atoms with van der Waals surface area (Å²) in [7, 11) is 0. The van der Waals surface area contributed by atoms with E-state index in [-0.39, 0.29) is 0 Å². The van der Waals surface area contributed by atoms with Gasteiger partial charge in [-0.2, -0.15) is 0 Å². The smallest absolute Gasteiger partial charge is 0.142 e. The number of fused-ring (bicyclic) bond motifs is 1. The van der Waals surface area contributed by atoms with Crippen LogP contribution in [-0.2, 0) is 0 Å². The SMILES string of the molecule is C=C(C=CC)C1=CCN(CCC)c2ncnc(N)c21. The number of hydrogen-bond donors (Lipinski definition) is 1. The van der Waals surface area contributed by atoms with Crippen molar-refractivity contribution in [1.82, 2.24) is 9.97 Å². The molecule has 4 nitrogen and oxygen atoms in total. The van der Waals surface area contributed by atoms with Crippen molar-refractivity contribution in [2.45, 2.75) is 20.3 Å². The Balaban J connectivity index is 2.50. The first-order valence-electron chi connectivity index (χ1n) is 6.57. The molecular formula is C15H20N4. The van der Waals surface area contributed by atoms with E-state index in [9.17, 15) is 0 Å². The molecule has 0 atom stereocenters. The van der Waals surface area contributed by atoms with Crippen LogP contribution < -0.4 is 10.6 Å². The van der Waals surface area contributed by atoms with Gasteiger partial charge in [-0.25, -0.2) is 9.97 Å². The first kappa shape index (κ1) is 13.3. The van der Waals surface area contributed by atoms with Crippen LogP contribution in [0, 0.1) is 0 Å². The standard InChI is InChI=1S/C15H20N4/c1-4-6-11(3)12-7-9-19(8-5-2)15-13(12)14(16)17-10-18-15/h4,6-7,10H,3,5,8-9H2,1-2H3,(H2,16,17,18). The Bertz CT molecular complexity index is 543. The zero-order valence-corrected chi connectivity index (χ0v) is 11.6. The van der Waals surface area contributed by atoms with Gasteiger partial charge in [0.05, 0.1) is 5.56 Å². The Morgan fingerprint density at radius 3 is 3.00 bits per heavy atom. The highest BCUT2D eigenvalue weighted by Crippen LogP contribution is 2.36. The van der Waals surface area contributed by atoms with Gasteiger partial charge < -0.3 is 10.6 Å². The number of rotatable bonds is 4. The molecule has 0 unspecified atom stereocenters. The number of nitrogen functional groups attached to an aromatic ring is 1. The highest BCUT2D eigenvalue weighted by atomic mass is 15.2. The van der Waals surface area contributed by atoms with E-state index in [1.54, 1.807) is 0 Å². The molecule has 0 aliphatic carbocycles. The normalized spacial score (nSPS) is 14.4. The molecule has 100 valence electrons. The molecule has 0 bridgehead atoms. The summed E-state index contributed by atoms with van der Waals surface area (Å²) in [5, 5.41) is 0. The van der Waals surface area contributed by atoms with E-state index in [0.717, 1.165) is 42.0 Å². The number of aromatic nitrogens is 2. The number of hydrogen-bond acceptors (Lipinski definition) is 4. The first-order chi connectivity index (χ1) is 9.19. The second-order valence-corrected chi connectivity index (χ2v) is 4.55. The molecule has 0 amide bonds. The van der Waals surface area contributed by atoms with Crippen LogP contribution in [0.15, 0.2) is 36.7 Å². The fourth-order valence-corrected chi connectivity index (χ4v) is 2.33. The molecule has 0 radical (unpaired) electrons. The molecule has 1 aliphatic rings. The van der Waals surface area contributed by atoms with Crippen LogP contribution in [0.1, 0.15) is 25.8 Å². The second kappa shape index (κ2) is 5.69. The Kier molecular flexibility index (Phi) is 4.00. The average Bonchev–Trinajstić information content (AvgIpc) is 2.40. The van der Waals surface area contributed by atoms with Gasteiger partial charge in [0.2, 0.25) is 0 Å². The third kappa shape index (κ3) is 2.52. The highest BCUT2D eigenvalue weighted by molar-refractivity contribution is 5.92. The molecule has 0 spiro atoms. The van der Waals surface area contributed by atoms with Crippen LogP contribution >= 0.6 is 0 Å². The summed E-state index contributed by atoms with van der Waals surface area (Å²) in [6.45, 7) is 10.0. The Labute approximate surface area is 114 Å². The third-order valence-electron chi connectivity index (χ3n) is 3.15. The van der Waals surface area contributed by atoms with E-state index in [2.05, 4.69) is 34.4 Å². The van der Waals surface area contributed by atoms with Gasteiger partial charge in [-0.15, -0.1) is 0 Å². The molecular weight excluding hydrogens is 236 g/mol. The lowest BCUT2D eigenvalue weighted by molar-refractivity contribution is 0.792. The van der Waals surface area contributed by atoms with Gasteiger partial charge in [0, 0.05) is 13.1 Å². The van der Waals surface area contributed by atoms with Crippen molar-refractivity contribution in [3.8, 4) is 0 Å². The summed E-state index contributed by atoms with van der Waals surface area (Å²) >= 11 is 0. The van der Waals surface area contributed by atoms with E-state index in [0.29, 0.717) is 5.82 Å². The molecule has 4 heteroatoms. The summed E-state index contributed by atoms with van der Waals surface area (Å²) in [5.41, 5.74) is 8.93. The van der Waals surface area contributed by atoms with E-state index >= 15 is 0 Å². The third-order valence-corrected chi connectivity index (χ3v) is 3.15. The van der Waals surface area contributed by atoms with Gasteiger partial charge in [0.15, 0.2) is 0 Å². The monoisotopic (exact) mass is 256 g/mol. The summed E-state index contributed by atoms with van der Waals surface area (Å²) in [5.74, 6) is 1.43. The lowest BCUT2D eigenvalue weighted by Crippen LogP contribution is -2.29. The van der Waals surface area contributed by atoms with Gasteiger partial charge in [0.1, 0.15) is 18.0 Å². The molecule has 1 aromatic heterocycles. The molecule has 0 aromatic carbocycles. The fourth-order valence-electron chi connectivity index (χ4n) is 2.33. The lowest BCUT2D eigenvalue weighted by Gasteiger charge is -2.29. The van der Waals surface area contributed by atoms with Crippen LogP contribution in [0.2, 0.25) is 0 Å². The quantitative estimate of drug-likeness (QED) is 0.842. The van der Waals surface area contributed by atoms with E-state index in [4.69, 9.17) is 5.73 Å². The van der Waals surface area contributed by atoms with Gasteiger partial charge in [-0.05, 0) is 24.5 Å². The minimum absolute atomic E-state index is 0.516. The van der Waals surface area contributed by atoms with Crippen LogP contribution in [0.4, 0.5) is 11.6 Å². The van der Waals surface area contributed by atoms with Crippen molar-refractivity contribution in [1.29, 1.82) is 0 Å². The zero-order chi connectivity index (χ0) is 13.8. The predicted molar refractivity (Wildman–Crippen MR) is 80.9 cm³/mol. The number of anilines is 2. The van der Waals surface area contributed by atoms with Crippen molar-refractivity contribution in [3.63, 3.8) is 0 Å². The van der Waals surface area contributed by atoms with Crippen molar-refractivity contribution in [3.05, 3.63) is 42.3 Å². The topological polar surface area (TPSA) is 55.0 Å². The maximum atomic E-state index is 6.04. The van der Waals surface area contributed by atoms with Gasteiger partial charge in [-0.3, -0.25) is 0 Å². The Morgan fingerprint density at radius 2 is 2.32 bits per heavy atom. The number of allylic oxidation sites excluding steroid dienone is 4. The molecule has 2 N–H and O–H groups in total. The largest absolute Gasteiger partial charge is 0.383 e. The summed E-state index contributed by atoms with van der Waals surface area (Å²) in [6, 6.07) is 0. The molecule has 1 aromatic rings. The lowest BCUT2D eigenvalue weighted by atomic mass is 9.96. The minimum atomic E-state index is 0.516. The minimum Gasteiger partial charge on any atom is -0.383 e. The van der Waals surface area contributed by atoms with Crippen LogP contribution in [-0.4, -0.2) is 23.1 Å². The van der Waals surface area contributed by atoms with Crippen LogP contribution in [0.25, 0.3) is 5.57 Å². The fraction of sp³-hybridized carbons (Fsp3) is 0.333. The van der Waals surface area contributed by atoms with E-state index in [1.165, 1.54) is 6.33 Å². The van der Waals surface area contributed by atoms with Crippen molar-refractivity contribution >= 4 is 17.2 Å². The molecule has 2 rings (SSSR count). The summed E-state index contributed by atoms with van der Waals surface area (Å²) in [4.78, 5) is 10.7. The highest BCUT2D eigenvalue weighted by Gasteiger charge is 2.23. The Morgan fingerprint density at radius 1 is 1.53 bits per heavy atom. The molecule has 0 saturated carbocycles. The first-order valence-corrected chi connectivity index (χ1v) is 6.57. The van der Waals surface area contributed by atoms with Crippen molar-refractivity contribution in [2.75, 3.05) is 23.7 Å².